The largest absolute Gasteiger partial charge is 0.444 e. The van der Waals surface area contributed by atoms with Gasteiger partial charge in [-0.25, -0.2) is 4.79 Å². The molecule has 1 aliphatic rings. The fraction of sp³-hybridized carbons (Fsp3) is 0.900. The topological polar surface area (TPSA) is 46.2 Å². The van der Waals surface area contributed by atoms with Crippen molar-refractivity contribution < 1.29 is 14.8 Å². The number of carbonyl (C=O) groups is 1. The molecule has 0 saturated carbocycles. The second kappa shape index (κ2) is 4.17. The number of nitrogens with zero attached hydrogens (tertiary/aromatic N) is 1. The van der Waals surface area contributed by atoms with E-state index >= 15 is 0 Å². The number of hydrogen-bond acceptors (Lipinski definition) is 2. The molecule has 0 unspecified atom stereocenters. The first-order chi connectivity index (χ1) is 6.40. The molecule has 1 atom stereocenters. The Morgan fingerprint density at radius 2 is 2.14 bits per heavy atom. The van der Waals surface area contributed by atoms with E-state index in [1.807, 2.05) is 27.8 Å². The van der Waals surface area contributed by atoms with Crippen LogP contribution in [0.15, 0.2) is 0 Å². The van der Waals surface area contributed by atoms with Crippen molar-refractivity contribution in [2.24, 2.45) is 0 Å². The number of carbonyl (C=O) groups excluding carboxylic acids is 1. The molecule has 0 aromatic heterocycles. The monoisotopic (exact) mass is 201 g/mol. The van der Waals surface area contributed by atoms with E-state index in [1.165, 1.54) is 0 Å². The lowest BCUT2D eigenvalue weighted by molar-refractivity contribution is -0.637. The van der Waals surface area contributed by atoms with Crippen LogP contribution in [0, 0.1) is 0 Å². The van der Waals surface area contributed by atoms with Crippen molar-refractivity contribution in [3.63, 3.8) is 0 Å². The second-order valence-corrected chi connectivity index (χ2v) is 4.85. The summed E-state index contributed by atoms with van der Waals surface area (Å²) in [6.45, 7) is 7.77. The Hall–Kier alpha value is -0.770. The van der Waals surface area contributed by atoms with Gasteiger partial charge in [-0.3, -0.25) is 0 Å². The summed E-state index contributed by atoms with van der Waals surface area (Å²) < 4.78 is 5.28. The third-order valence-corrected chi connectivity index (χ3v) is 2.37. The van der Waals surface area contributed by atoms with Crippen molar-refractivity contribution in [3.05, 3.63) is 0 Å². The SMILES string of the molecule is CN(C(=O)OC(C)(C)C)[C@H]1CC[NH2+]C1. The first-order valence-corrected chi connectivity index (χ1v) is 5.17. The molecule has 14 heavy (non-hydrogen) atoms. The maximum Gasteiger partial charge on any atom is 0.410 e. The lowest BCUT2D eigenvalue weighted by atomic mass is 10.2. The molecule has 1 rings (SSSR count). The maximum atomic E-state index is 11.6. The van der Waals surface area contributed by atoms with E-state index in [-0.39, 0.29) is 6.09 Å². The van der Waals surface area contributed by atoms with E-state index in [4.69, 9.17) is 4.74 Å². The molecule has 0 aromatic rings. The molecule has 2 N–H and O–H groups in total. The minimum absolute atomic E-state index is 0.210. The van der Waals surface area contributed by atoms with Gasteiger partial charge in [0.2, 0.25) is 0 Å². The van der Waals surface area contributed by atoms with Gasteiger partial charge in [-0.2, -0.15) is 0 Å². The Balaban J connectivity index is 2.43. The summed E-state index contributed by atoms with van der Waals surface area (Å²) in [6, 6.07) is 0.338. The van der Waals surface area contributed by atoms with Crippen LogP contribution in [-0.2, 0) is 4.74 Å². The average Bonchev–Trinajstić information content (AvgIpc) is 2.51. The van der Waals surface area contributed by atoms with Gasteiger partial charge in [0.05, 0.1) is 19.1 Å². The Labute approximate surface area is 85.6 Å². The van der Waals surface area contributed by atoms with Crippen molar-refractivity contribution in [2.75, 3.05) is 20.1 Å². The molecule has 4 heteroatoms. The highest BCUT2D eigenvalue weighted by Crippen LogP contribution is 2.11. The Morgan fingerprint density at radius 3 is 2.57 bits per heavy atom. The van der Waals surface area contributed by atoms with Gasteiger partial charge < -0.3 is 15.0 Å². The minimum atomic E-state index is -0.395. The normalized spacial score (nSPS) is 22.1. The van der Waals surface area contributed by atoms with E-state index in [0.717, 1.165) is 19.5 Å². The van der Waals surface area contributed by atoms with E-state index in [2.05, 4.69) is 5.32 Å². The summed E-state index contributed by atoms with van der Waals surface area (Å²) in [5, 5.41) is 2.23. The number of nitrogens with two attached hydrogens (primary N) is 1. The van der Waals surface area contributed by atoms with Gasteiger partial charge in [-0.1, -0.05) is 0 Å². The van der Waals surface area contributed by atoms with Crippen LogP contribution in [0.25, 0.3) is 0 Å². The smallest absolute Gasteiger partial charge is 0.410 e. The molecule has 0 radical (unpaired) electrons. The van der Waals surface area contributed by atoms with Crippen LogP contribution in [0.3, 0.4) is 0 Å². The van der Waals surface area contributed by atoms with Crippen LogP contribution in [-0.4, -0.2) is 42.8 Å². The van der Waals surface area contributed by atoms with E-state index in [1.54, 1.807) is 4.90 Å². The standard InChI is InChI=1S/C10H20N2O2/c1-10(2,3)14-9(13)12(4)8-5-6-11-7-8/h8,11H,5-7H2,1-4H3/p+1/t8-/m0/s1. The van der Waals surface area contributed by atoms with Crippen molar-refractivity contribution >= 4 is 6.09 Å². The fourth-order valence-corrected chi connectivity index (χ4v) is 1.57. The summed E-state index contributed by atoms with van der Waals surface area (Å²) in [4.78, 5) is 13.4. The molecule has 0 bridgehead atoms. The molecule has 0 aromatic carbocycles. The van der Waals surface area contributed by atoms with Crippen molar-refractivity contribution in [3.8, 4) is 0 Å². The maximum absolute atomic E-state index is 11.6. The van der Waals surface area contributed by atoms with Crippen molar-refractivity contribution in [2.45, 2.75) is 38.8 Å². The molecule has 0 spiro atoms. The number of rotatable bonds is 1. The summed E-state index contributed by atoms with van der Waals surface area (Å²) in [6.07, 6.45) is 0.855. The van der Waals surface area contributed by atoms with E-state index in [9.17, 15) is 4.79 Å². The Bertz CT molecular complexity index is 205. The second-order valence-electron chi connectivity index (χ2n) is 4.85. The highest BCUT2D eigenvalue weighted by Gasteiger charge is 2.29. The molecule has 1 heterocycles. The molecule has 1 amide bonds. The molecule has 82 valence electrons. The number of hydrogen-bond donors (Lipinski definition) is 1. The minimum Gasteiger partial charge on any atom is -0.444 e. The third kappa shape index (κ3) is 3.18. The van der Waals surface area contributed by atoms with Crippen molar-refractivity contribution in [1.82, 2.24) is 4.90 Å². The lowest BCUT2D eigenvalue weighted by Crippen LogP contribution is -2.82. The van der Waals surface area contributed by atoms with Crippen LogP contribution in [0.4, 0.5) is 4.79 Å². The van der Waals surface area contributed by atoms with Gasteiger partial charge in [0.1, 0.15) is 5.60 Å². The van der Waals surface area contributed by atoms with Gasteiger partial charge in [-0.15, -0.1) is 0 Å². The van der Waals surface area contributed by atoms with Crippen LogP contribution in [0.5, 0.6) is 0 Å². The molecular weight excluding hydrogens is 180 g/mol. The lowest BCUT2D eigenvalue weighted by Gasteiger charge is -2.27. The Morgan fingerprint density at radius 1 is 1.50 bits per heavy atom. The average molecular weight is 201 g/mol. The van der Waals surface area contributed by atoms with E-state index in [0.29, 0.717) is 6.04 Å². The zero-order chi connectivity index (χ0) is 10.8. The van der Waals surface area contributed by atoms with Crippen molar-refractivity contribution in [1.29, 1.82) is 0 Å². The summed E-state index contributed by atoms with van der Waals surface area (Å²) in [5.41, 5.74) is -0.395. The summed E-state index contributed by atoms with van der Waals surface area (Å²) >= 11 is 0. The van der Waals surface area contributed by atoms with Gasteiger partial charge in [0.25, 0.3) is 0 Å². The van der Waals surface area contributed by atoms with Crippen LogP contribution >= 0.6 is 0 Å². The molecule has 0 aliphatic carbocycles. The molecule has 1 saturated heterocycles. The number of likely N-dealkylation sites (N-methyl/N-ethyl adjacent to an activating group) is 1. The van der Waals surface area contributed by atoms with Gasteiger partial charge in [0, 0.05) is 13.5 Å². The third-order valence-electron chi connectivity index (χ3n) is 2.37. The van der Waals surface area contributed by atoms with Gasteiger partial charge in [0.15, 0.2) is 0 Å². The van der Waals surface area contributed by atoms with E-state index < -0.39 is 5.60 Å². The molecular formula is C10H21N2O2+. The summed E-state index contributed by atoms with van der Waals surface area (Å²) in [5.74, 6) is 0. The first kappa shape index (κ1) is 11.3. The zero-order valence-corrected chi connectivity index (χ0v) is 9.54. The summed E-state index contributed by atoms with van der Waals surface area (Å²) in [7, 11) is 1.82. The van der Waals surface area contributed by atoms with Gasteiger partial charge in [-0.05, 0) is 20.8 Å². The van der Waals surface area contributed by atoms with Crippen LogP contribution in [0.2, 0.25) is 0 Å². The van der Waals surface area contributed by atoms with Crippen LogP contribution in [0.1, 0.15) is 27.2 Å². The predicted molar refractivity (Wildman–Crippen MR) is 54.1 cm³/mol. The number of ether oxygens (including phenoxy) is 1. The van der Waals surface area contributed by atoms with Gasteiger partial charge >= 0.3 is 6.09 Å². The Kier molecular flexibility index (Phi) is 3.37. The molecule has 1 fully saturated rings. The predicted octanol–water partition coefficient (Wildman–Crippen LogP) is 0.189. The number of quaternary nitrogens is 1. The molecule has 4 nitrogen and oxygen atoms in total. The zero-order valence-electron chi connectivity index (χ0n) is 9.54. The fourth-order valence-electron chi connectivity index (χ4n) is 1.57. The number of amides is 1. The van der Waals surface area contributed by atoms with Crippen LogP contribution < -0.4 is 5.32 Å². The highest BCUT2D eigenvalue weighted by molar-refractivity contribution is 5.68. The molecule has 1 aliphatic heterocycles. The highest BCUT2D eigenvalue weighted by atomic mass is 16.6. The quantitative estimate of drug-likeness (QED) is 0.658. The first-order valence-electron chi connectivity index (χ1n) is 5.17.